The molecule has 24 heavy (non-hydrogen) atoms. The van der Waals surface area contributed by atoms with Crippen LogP contribution >= 0.6 is 34.8 Å². The van der Waals surface area contributed by atoms with Crippen molar-refractivity contribution in [2.24, 2.45) is 4.99 Å². The molecule has 1 heterocycles. The highest BCUT2D eigenvalue weighted by Gasteiger charge is 2.09. The Morgan fingerprint density at radius 2 is 1.96 bits per heavy atom. The summed E-state index contributed by atoms with van der Waals surface area (Å²) >= 11 is 18.0. The molecular weight excluding hydrogens is 377 g/mol. The van der Waals surface area contributed by atoms with Gasteiger partial charge in [-0.05, 0) is 12.1 Å². The van der Waals surface area contributed by atoms with Crippen LogP contribution in [0.5, 0.6) is 5.75 Å². The molecule has 0 unspecified atom stereocenters. The first-order valence-corrected chi connectivity index (χ1v) is 8.14. The van der Waals surface area contributed by atoms with Gasteiger partial charge in [-0.3, -0.25) is 4.99 Å². The lowest BCUT2D eigenvalue weighted by atomic mass is 10.3. The number of ether oxygens (including phenoxy) is 1. The van der Waals surface area contributed by atoms with Crippen LogP contribution in [0.15, 0.2) is 21.6 Å². The van der Waals surface area contributed by atoms with Crippen LogP contribution in [0.3, 0.4) is 0 Å². The first-order chi connectivity index (χ1) is 11.5. The molecule has 2 N–H and O–H groups in total. The molecule has 0 radical (unpaired) electrons. The minimum atomic E-state index is 0.336. The summed E-state index contributed by atoms with van der Waals surface area (Å²) in [5.74, 6) is 2.04. The van der Waals surface area contributed by atoms with E-state index in [1.54, 1.807) is 26.1 Å². The first kappa shape index (κ1) is 18.6. The molecule has 130 valence electrons. The molecule has 2 rings (SSSR count). The van der Waals surface area contributed by atoms with Crippen molar-refractivity contribution in [1.82, 2.24) is 20.8 Å². The third-order valence-electron chi connectivity index (χ3n) is 2.81. The summed E-state index contributed by atoms with van der Waals surface area (Å²) in [6.07, 6.45) is 0. The average Bonchev–Trinajstić information content (AvgIpc) is 2.94. The second-order valence-corrected chi connectivity index (χ2v) is 5.88. The van der Waals surface area contributed by atoms with Crippen molar-refractivity contribution in [2.75, 3.05) is 20.2 Å². The summed E-state index contributed by atoms with van der Waals surface area (Å²) in [5, 5.41) is 11.1. The molecule has 7 nitrogen and oxygen atoms in total. The Balaban J connectivity index is 1.76. The molecular formula is C14H16Cl3N5O2. The highest BCUT2D eigenvalue weighted by atomic mass is 35.5. The molecule has 0 bridgehead atoms. The van der Waals surface area contributed by atoms with Crippen LogP contribution in [0.25, 0.3) is 0 Å². The molecule has 0 saturated heterocycles. The molecule has 0 spiro atoms. The molecule has 0 aliphatic rings. The van der Waals surface area contributed by atoms with E-state index >= 15 is 0 Å². The Bertz CT molecular complexity index is 697. The van der Waals surface area contributed by atoms with Crippen molar-refractivity contribution >= 4 is 40.8 Å². The molecule has 0 saturated carbocycles. The quantitative estimate of drug-likeness (QED) is 0.446. The van der Waals surface area contributed by atoms with Crippen molar-refractivity contribution in [1.29, 1.82) is 0 Å². The number of nitrogens with zero attached hydrogens (tertiary/aromatic N) is 3. The summed E-state index contributed by atoms with van der Waals surface area (Å²) in [4.78, 5) is 8.18. The number of aliphatic imine (C=N–C) groups is 1. The van der Waals surface area contributed by atoms with E-state index in [2.05, 4.69) is 25.8 Å². The fourth-order valence-corrected chi connectivity index (χ4v) is 2.71. The van der Waals surface area contributed by atoms with Gasteiger partial charge in [-0.15, -0.1) is 0 Å². The van der Waals surface area contributed by atoms with Crippen molar-refractivity contribution in [2.45, 2.75) is 13.5 Å². The highest BCUT2D eigenvalue weighted by molar-refractivity contribution is 6.40. The van der Waals surface area contributed by atoms with E-state index in [1.165, 1.54) is 0 Å². The fraction of sp³-hybridized carbons (Fsp3) is 0.357. The lowest BCUT2D eigenvalue weighted by Crippen LogP contribution is -2.39. The highest BCUT2D eigenvalue weighted by Crippen LogP contribution is 2.35. The van der Waals surface area contributed by atoms with Gasteiger partial charge in [0.25, 0.3) is 0 Å². The van der Waals surface area contributed by atoms with E-state index in [1.807, 2.05) is 0 Å². The normalized spacial score (nSPS) is 11.5. The van der Waals surface area contributed by atoms with E-state index in [4.69, 9.17) is 44.1 Å². The van der Waals surface area contributed by atoms with E-state index in [9.17, 15) is 0 Å². The van der Waals surface area contributed by atoms with Gasteiger partial charge in [0, 0.05) is 19.0 Å². The minimum absolute atomic E-state index is 0.336. The lowest BCUT2D eigenvalue weighted by Gasteiger charge is -2.13. The summed E-state index contributed by atoms with van der Waals surface area (Å²) in [6, 6.07) is 3.15. The number of guanidine groups is 1. The number of nitrogens with one attached hydrogen (secondary N) is 2. The number of hydrogen-bond donors (Lipinski definition) is 2. The standard InChI is InChI=1S/C14H16Cl3N5O2/c1-8-21-12(22-24-8)7-20-14(18-2)19-3-4-23-13-10(16)5-9(15)6-11(13)17/h5-6H,3-4,7H2,1-2H3,(H2,18,19,20). The van der Waals surface area contributed by atoms with Gasteiger partial charge in [-0.25, -0.2) is 0 Å². The molecule has 10 heteroatoms. The smallest absolute Gasteiger partial charge is 0.223 e. The average molecular weight is 393 g/mol. The Labute approximate surface area is 154 Å². The number of halogens is 3. The maximum absolute atomic E-state index is 6.05. The molecule has 0 aliphatic carbocycles. The number of benzene rings is 1. The largest absolute Gasteiger partial charge is 0.489 e. The molecule has 0 atom stereocenters. The molecule has 0 amide bonds. The van der Waals surface area contributed by atoms with Gasteiger partial charge in [-0.2, -0.15) is 4.98 Å². The van der Waals surface area contributed by atoms with Crippen LogP contribution in [0, 0.1) is 6.92 Å². The number of aryl methyl sites for hydroxylation is 1. The number of hydrogen-bond acceptors (Lipinski definition) is 5. The Morgan fingerprint density at radius 1 is 1.25 bits per heavy atom. The van der Waals surface area contributed by atoms with Gasteiger partial charge in [0.2, 0.25) is 5.89 Å². The zero-order valence-electron chi connectivity index (χ0n) is 13.1. The van der Waals surface area contributed by atoms with Gasteiger partial charge in [0.15, 0.2) is 17.5 Å². The van der Waals surface area contributed by atoms with Gasteiger partial charge in [0.1, 0.15) is 6.61 Å². The van der Waals surface area contributed by atoms with Gasteiger partial charge >= 0.3 is 0 Å². The first-order valence-electron chi connectivity index (χ1n) is 7.00. The predicted molar refractivity (Wildman–Crippen MR) is 94.2 cm³/mol. The maximum Gasteiger partial charge on any atom is 0.223 e. The Kier molecular flexibility index (Phi) is 6.96. The van der Waals surface area contributed by atoms with Crippen molar-refractivity contribution < 1.29 is 9.26 Å². The molecule has 0 fully saturated rings. The third-order valence-corrected chi connectivity index (χ3v) is 3.59. The fourth-order valence-electron chi connectivity index (χ4n) is 1.79. The zero-order valence-corrected chi connectivity index (χ0v) is 15.3. The van der Waals surface area contributed by atoms with Crippen molar-refractivity contribution in [3.63, 3.8) is 0 Å². The molecule has 1 aromatic heterocycles. The van der Waals surface area contributed by atoms with Crippen LogP contribution in [-0.4, -0.2) is 36.3 Å². The third kappa shape index (κ3) is 5.43. The van der Waals surface area contributed by atoms with Crippen LogP contribution < -0.4 is 15.4 Å². The van der Waals surface area contributed by atoms with Gasteiger partial charge in [-0.1, -0.05) is 40.0 Å². The lowest BCUT2D eigenvalue weighted by molar-refractivity contribution is 0.322. The maximum atomic E-state index is 6.05. The van der Waals surface area contributed by atoms with Crippen LogP contribution in [-0.2, 0) is 6.54 Å². The second kappa shape index (κ2) is 8.96. The van der Waals surface area contributed by atoms with E-state index in [0.717, 1.165) is 0 Å². The molecule has 1 aromatic carbocycles. The van der Waals surface area contributed by atoms with E-state index < -0.39 is 0 Å². The monoisotopic (exact) mass is 391 g/mol. The van der Waals surface area contributed by atoms with Crippen LogP contribution in [0.1, 0.15) is 11.7 Å². The second-order valence-electron chi connectivity index (χ2n) is 4.63. The zero-order chi connectivity index (χ0) is 17.5. The predicted octanol–water partition coefficient (Wildman–Crippen LogP) is 3.08. The molecule has 2 aromatic rings. The molecule has 0 aliphatic heterocycles. The summed E-state index contributed by atoms with van der Waals surface area (Å²) in [7, 11) is 1.66. The number of aromatic nitrogens is 2. The van der Waals surface area contributed by atoms with E-state index in [-0.39, 0.29) is 0 Å². The SMILES string of the molecule is CN=C(NCCOc1c(Cl)cc(Cl)cc1Cl)NCc1noc(C)n1. The summed E-state index contributed by atoms with van der Waals surface area (Å²) in [5.41, 5.74) is 0. The summed E-state index contributed by atoms with van der Waals surface area (Å²) in [6.45, 7) is 2.95. The van der Waals surface area contributed by atoms with E-state index in [0.29, 0.717) is 58.2 Å². The Hall–Kier alpha value is -1.70. The van der Waals surface area contributed by atoms with Crippen LogP contribution in [0.4, 0.5) is 0 Å². The summed E-state index contributed by atoms with van der Waals surface area (Å²) < 4.78 is 10.5. The number of rotatable bonds is 6. The Morgan fingerprint density at radius 3 is 2.54 bits per heavy atom. The topological polar surface area (TPSA) is 84.6 Å². The van der Waals surface area contributed by atoms with Gasteiger partial charge < -0.3 is 19.9 Å². The minimum Gasteiger partial charge on any atom is -0.489 e. The van der Waals surface area contributed by atoms with Gasteiger partial charge in [0.05, 0.1) is 23.1 Å². The van der Waals surface area contributed by atoms with Crippen molar-refractivity contribution in [3.05, 3.63) is 38.9 Å². The van der Waals surface area contributed by atoms with Crippen molar-refractivity contribution in [3.8, 4) is 5.75 Å². The van der Waals surface area contributed by atoms with Crippen LogP contribution in [0.2, 0.25) is 15.1 Å².